The minimum Gasteiger partial charge on any atom is -0.490 e. The van der Waals surface area contributed by atoms with Gasteiger partial charge in [0.2, 0.25) is 23.6 Å². The molecule has 23 nitrogen and oxygen atoms in total. The lowest BCUT2D eigenvalue weighted by Gasteiger charge is -2.33. The normalized spacial score (nSPS) is 17.3. The predicted octanol–water partition coefficient (Wildman–Crippen LogP) is -0.602. The third-order valence-corrected chi connectivity index (χ3v) is 12.4. The molecule has 2 heterocycles. The first-order valence-corrected chi connectivity index (χ1v) is 24.8. The van der Waals surface area contributed by atoms with E-state index >= 15 is 0 Å². The van der Waals surface area contributed by atoms with Crippen LogP contribution in [0.5, 0.6) is 11.5 Å². The standard InChI is InChI=1S/C49H64N12O11S/c1-26-41(27(2)57-43(56-26)30-9-12-32(13-10-30)49(4,5)6)46(66)60-38(23-55-73(53,69)70)48(68)61(7)42-31-11-15-40(72-25-34(63)22-52)36(20-31)35-18-29(8-14-39(35)71-24-33(62)21-51)19-37(45(65)54-17-16-50)59-44(64)28(3)58-47(42)67/h8-15,18,20,28,33-34,37-38,42,55,62-63H,17,19,21-25,51-52H2,1-7H3,(H,54,65)(H,58,67)(H,59,64)(H,60,66)(H2,53,69,70)/t28-,33+,34+,37-,38-,42-/m0/s1. The molecule has 6 atom stereocenters. The Morgan fingerprint density at radius 3 is 2.03 bits per heavy atom. The third-order valence-electron chi connectivity index (χ3n) is 11.8. The number of benzene rings is 3. The van der Waals surface area contributed by atoms with Crippen LogP contribution in [-0.2, 0) is 41.2 Å². The van der Waals surface area contributed by atoms with Gasteiger partial charge in [0.05, 0.1) is 23.0 Å². The highest BCUT2D eigenvalue weighted by molar-refractivity contribution is 7.87. The lowest BCUT2D eigenvalue weighted by Crippen LogP contribution is -2.57. The molecule has 0 fully saturated rings. The largest absolute Gasteiger partial charge is 0.490 e. The number of rotatable bonds is 18. The molecular formula is C49H64N12O11S. The Balaban J connectivity index is 1.65. The minimum absolute atomic E-state index is 0.0134. The van der Waals surface area contributed by atoms with Crippen molar-refractivity contribution in [3.63, 3.8) is 0 Å². The van der Waals surface area contributed by atoms with E-state index in [1.807, 2.05) is 30.3 Å². The molecule has 13 N–H and O–H groups in total. The number of nitrogens with two attached hydrogens (primary N) is 3. The average Bonchev–Trinajstić information content (AvgIpc) is 3.34. The third kappa shape index (κ3) is 15.0. The molecule has 0 saturated carbocycles. The van der Waals surface area contributed by atoms with Crippen molar-refractivity contribution in [3.05, 3.63) is 94.3 Å². The van der Waals surface area contributed by atoms with Crippen molar-refractivity contribution in [1.82, 2.24) is 40.9 Å². The predicted molar refractivity (Wildman–Crippen MR) is 268 cm³/mol. The highest BCUT2D eigenvalue weighted by atomic mass is 32.2. The summed E-state index contributed by atoms with van der Waals surface area (Å²) in [7, 11) is -3.27. The van der Waals surface area contributed by atoms with Gasteiger partial charge in [-0.3, -0.25) is 24.0 Å². The molecule has 5 amide bonds. The molecule has 24 heteroatoms. The van der Waals surface area contributed by atoms with Crippen molar-refractivity contribution < 1.29 is 52.1 Å². The van der Waals surface area contributed by atoms with E-state index in [0.29, 0.717) is 17.0 Å². The number of nitrogens with one attached hydrogen (secondary N) is 5. The van der Waals surface area contributed by atoms with E-state index in [9.17, 15) is 47.9 Å². The van der Waals surface area contributed by atoms with E-state index < -0.39 is 82.7 Å². The van der Waals surface area contributed by atoms with Gasteiger partial charge in [0.15, 0.2) is 5.82 Å². The van der Waals surface area contributed by atoms with Crippen molar-refractivity contribution in [2.24, 2.45) is 16.6 Å². The van der Waals surface area contributed by atoms with Crippen LogP contribution in [0, 0.1) is 25.2 Å². The van der Waals surface area contributed by atoms with E-state index in [4.69, 9.17) is 26.1 Å². The summed E-state index contributed by atoms with van der Waals surface area (Å²) in [5, 5.41) is 45.6. The van der Waals surface area contributed by atoms with Crippen LogP contribution in [0.4, 0.5) is 0 Å². The first-order valence-electron chi connectivity index (χ1n) is 23.2. The highest BCUT2D eigenvalue weighted by Crippen LogP contribution is 2.40. The Bertz CT molecular complexity index is 2810. The number of aryl methyl sites for hydroxylation is 2. The minimum atomic E-state index is -4.48. The Hall–Kier alpha value is -7.11. The summed E-state index contributed by atoms with van der Waals surface area (Å²) in [6.45, 7) is 8.67. The second-order valence-electron chi connectivity index (χ2n) is 18.6. The zero-order chi connectivity index (χ0) is 53.9. The summed E-state index contributed by atoms with van der Waals surface area (Å²) in [5.41, 5.74) is 14.5. The van der Waals surface area contributed by atoms with Crippen molar-refractivity contribution in [1.29, 1.82) is 5.26 Å². The van der Waals surface area contributed by atoms with Crippen LogP contribution >= 0.6 is 0 Å². The molecule has 3 aromatic carbocycles. The number of hydrogen-bond acceptors (Lipinski definition) is 16. The van der Waals surface area contributed by atoms with Crippen molar-refractivity contribution >= 4 is 39.7 Å². The highest BCUT2D eigenvalue weighted by Gasteiger charge is 2.37. The van der Waals surface area contributed by atoms with Gasteiger partial charge >= 0.3 is 0 Å². The van der Waals surface area contributed by atoms with E-state index in [1.54, 1.807) is 26.0 Å². The molecule has 1 aliphatic rings. The van der Waals surface area contributed by atoms with Gasteiger partial charge in [-0.1, -0.05) is 57.2 Å². The maximum Gasteiger partial charge on any atom is 0.274 e. The number of nitrogens with zero attached hydrogens (tertiary/aromatic N) is 4. The van der Waals surface area contributed by atoms with Gasteiger partial charge in [-0.05, 0) is 67.1 Å². The number of amides is 5. The molecule has 0 unspecified atom stereocenters. The topological polar surface area (TPSA) is 369 Å². The first-order chi connectivity index (χ1) is 34.3. The molecule has 0 saturated heterocycles. The van der Waals surface area contributed by atoms with Crippen LogP contribution in [0.2, 0.25) is 0 Å². The first kappa shape index (κ1) is 56.8. The van der Waals surface area contributed by atoms with E-state index in [-0.39, 0.29) is 89.8 Å². The van der Waals surface area contributed by atoms with Crippen LogP contribution in [0.3, 0.4) is 0 Å². The fraction of sp³-hybridized carbons (Fsp3) is 0.429. The number of fused-ring (bicyclic) bond motifs is 5. The van der Waals surface area contributed by atoms with Gasteiger partial charge in [-0.2, -0.15) is 18.4 Å². The van der Waals surface area contributed by atoms with E-state index in [2.05, 4.69) is 56.7 Å². The zero-order valence-corrected chi connectivity index (χ0v) is 42.5. The number of ether oxygens (including phenoxy) is 2. The Morgan fingerprint density at radius 2 is 1.48 bits per heavy atom. The number of aliphatic hydroxyl groups excluding tert-OH is 2. The van der Waals surface area contributed by atoms with Gasteiger partial charge in [0.1, 0.15) is 67.6 Å². The average molecular weight is 1030 g/mol. The smallest absolute Gasteiger partial charge is 0.274 e. The van der Waals surface area contributed by atoms with Gasteiger partial charge in [-0.15, -0.1) is 0 Å². The molecular weight excluding hydrogens is 965 g/mol. The van der Waals surface area contributed by atoms with Crippen LogP contribution < -0.4 is 52.1 Å². The number of likely N-dealkylation sites (N-methyl/N-ethyl adjacent to an activating group) is 1. The summed E-state index contributed by atoms with van der Waals surface area (Å²) in [6.07, 6.45) is -2.35. The Kier molecular flexibility index (Phi) is 19.1. The lowest BCUT2D eigenvalue weighted by molar-refractivity contribution is -0.141. The molecule has 0 spiro atoms. The maximum atomic E-state index is 14.9. The molecule has 4 bridgehead atoms. The van der Waals surface area contributed by atoms with E-state index in [0.717, 1.165) is 10.5 Å². The number of aromatic nitrogens is 2. The summed E-state index contributed by atoms with van der Waals surface area (Å²) < 4.78 is 38.8. The summed E-state index contributed by atoms with van der Waals surface area (Å²) >= 11 is 0. The monoisotopic (exact) mass is 1030 g/mol. The second-order valence-corrected chi connectivity index (χ2v) is 19.9. The van der Waals surface area contributed by atoms with Gasteiger partial charge in [-0.25, -0.2) is 15.1 Å². The van der Waals surface area contributed by atoms with Crippen LogP contribution in [0.15, 0.2) is 60.7 Å². The molecule has 392 valence electrons. The molecule has 4 aromatic rings. The number of carbonyl (C=O) groups is 5. The van der Waals surface area contributed by atoms with Crippen LogP contribution in [0.25, 0.3) is 22.5 Å². The van der Waals surface area contributed by atoms with E-state index in [1.165, 1.54) is 38.2 Å². The Morgan fingerprint density at radius 1 is 0.904 bits per heavy atom. The molecule has 1 aromatic heterocycles. The molecule has 0 radical (unpaired) electrons. The second kappa shape index (κ2) is 24.5. The van der Waals surface area contributed by atoms with Crippen molar-refractivity contribution in [2.75, 3.05) is 46.4 Å². The quantitative estimate of drug-likeness (QED) is 0.0556. The molecule has 5 rings (SSSR count). The number of hydrogen-bond donors (Lipinski definition) is 10. The fourth-order valence-electron chi connectivity index (χ4n) is 7.80. The summed E-state index contributed by atoms with van der Waals surface area (Å²) in [6, 6.07) is 12.5. The van der Waals surface area contributed by atoms with Crippen molar-refractivity contribution in [2.45, 2.75) is 89.8 Å². The van der Waals surface area contributed by atoms with Gasteiger partial charge in [0, 0.05) is 49.8 Å². The summed E-state index contributed by atoms with van der Waals surface area (Å²) in [4.78, 5) is 81.3. The van der Waals surface area contributed by atoms with Gasteiger partial charge in [0.25, 0.3) is 16.1 Å². The van der Waals surface area contributed by atoms with Crippen LogP contribution in [0.1, 0.15) is 72.2 Å². The zero-order valence-electron chi connectivity index (χ0n) is 41.7. The van der Waals surface area contributed by atoms with Crippen LogP contribution in [-0.4, -0.2) is 140 Å². The Labute approximate surface area is 423 Å². The molecule has 73 heavy (non-hydrogen) atoms. The number of nitriles is 1. The number of aliphatic hydroxyl groups is 2. The summed E-state index contributed by atoms with van der Waals surface area (Å²) in [5.74, 6) is -3.78. The fourth-order valence-corrected chi connectivity index (χ4v) is 8.20. The number of carbonyl (C=O) groups excluding carboxylic acids is 5. The van der Waals surface area contributed by atoms with Gasteiger partial charge < -0.3 is 57.3 Å². The lowest BCUT2D eigenvalue weighted by atomic mass is 9.86. The molecule has 0 aliphatic carbocycles. The van der Waals surface area contributed by atoms with Crippen molar-refractivity contribution in [3.8, 4) is 40.1 Å². The maximum absolute atomic E-state index is 14.9. The SMILES string of the molecule is Cc1nc(-c2ccc(C(C)(C)C)cc2)nc(C)c1C(=O)N[C@@H](CNS(N)(=O)=O)C(=O)N(C)[C@@H]1C(=O)N[C@@H](C)C(=O)N[C@H](C(=O)NCC#N)Cc2ccc(OC[C@H](O)CN)c(c2)-c2cc1ccc2OC[C@H](O)CN. The molecule has 1 aliphatic heterocycles.